The molecule has 2 N–H and O–H groups in total. The van der Waals surface area contributed by atoms with Gasteiger partial charge in [-0.05, 0) is 11.8 Å². The molecule has 1 aliphatic rings. The molecule has 1 heterocycles. The lowest BCUT2D eigenvalue weighted by Crippen LogP contribution is -2.48. The van der Waals surface area contributed by atoms with Crippen molar-refractivity contribution in [2.24, 2.45) is 11.3 Å². The quantitative estimate of drug-likeness (QED) is 0.720. The topological polar surface area (TPSA) is 87.1 Å². The molecular formula is C12H21NO5. The Morgan fingerprint density at radius 3 is 2.44 bits per heavy atom. The maximum atomic E-state index is 11.8. The number of carbonyl (C=O) groups is 2. The molecule has 0 saturated carbocycles. The van der Waals surface area contributed by atoms with E-state index < -0.39 is 24.1 Å². The highest BCUT2D eigenvalue weighted by Gasteiger charge is 2.34. The molecule has 6 heteroatoms. The first-order chi connectivity index (χ1) is 8.19. The number of esters is 1. The average Bonchev–Trinajstić information content (AvgIpc) is 2.23. The van der Waals surface area contributed by atoms with Crippen molar-refractivity contribution in [3.05, 3.63) is 0 Å². The van der Waals surface area contributed by atoms with E-state index in [1.54, 1.807) is 0 Å². The highest BCUT2D eigenvalue weighted by Crippen LogP contribution is 2.20. The van der Waals surface area contributed by atoms with Gasteiger partial charge in [0.15, 0.2) is 0 Å². The molecule has 1 amide bonds. The standard InChI is InChI=1S/C12H21NO5/c1-12(2,3)7-18-10(15)8-4-9(14)6-13(5-8)11(16)17/h8-9,14H,4-7H2,1-3H3,(H,16,17). The van der Waals surface area contributed by atoms with Gasteiger partial charge in [0.1, 0.15) is 0 Å². The molecule has 0 radical (unpaired) electrons. The molecule has 2 atom stereocenters. The minimum absolute atomic E-state index is 0.0540. The summed E-state index contributed by atoms with van der Waals surface area (Å²) in [5, 5.41) is 18.4. The number of nitrogens with zero attached hydrogens (tertiary/aromatic N) is 1. The van der Waals surface area contributed by atoms with Gasteiger partial charge in [0.2, 0.25) is 0 Å². The fraction of sp³-hybridized carbons (Fsp3) is 0.833. The lowest BCUT2D eigenvalue weighted by Gasteiger charge is -2.33. The van der Waals surface area contributed by atoms with E-state index in [2.05, 4.69) is 0 Å². The summed E-state index contributed by atoms with van der Waals surface area (Å²) in [6, 6.07) is 0. The van der Waals surface area contributed by atoms with Crippen molar-refractivity contribution in [3.8, 4) is 0 Å². The number of β-amino-alcohol motifs (C(OH)–C–C–N with tert-alkyl or cyclic N) is 1. The van der Waals surface area contributed by atoms with Gasteiger partial charge >= 0.3 is 12.1 Å². The van der Waals surface area contributed by atoms with Crippen LogP contribution >= 0.6 is 0 Å². The number of aliphatic hydroxyl groups excluding tert-OH is 1. The zero-order chi connectivity index (χ0) is 13.9. The first kappa shape index (κ1) is 14.8. The summed E-state index contributed by atoms with van der Waals surface area (Å²) >= 11 is 0. The van der Waals surface area contributed by atoms with Crippen LogP contribution in [0.25, 0.3) is 0 Å². The second-order valence-electron chi connectivity index (χ2n) is 5.94. The highest BCUT2D eigenvalue weighted by atomic mass is 16.5. The summed E-state index contributed by atoms with van der Waals surface area (Å²) < 4.78 is 5.15. The van der Waals surface area contributed by atoms with Crippen LogP contribution in [-0.4, -0.2) is 53.0 Å². The maximum absolute atomic E-state index is 11.8. The van der Waals surface area contributed by atoms with E-state index in [0.717, 1.165) is 4.90 Å². The summed E-state index contributed by atoms with van der Waals surface area (Å²) in [5.74, 6) is -1.01. The Hall–Kier alpha value is -1.30. The van der Waals surface area contributed by atoms with Gasteiger partial charge in [-0.1, -0.05) is 20.8 Å². The molecule has 0 aromatic carbocycles. The summed E-state index contributed by atoms with van der Waals surface area (Å²) in [7, 11) is 0. The molecule has 1 rings (SSSR count). The van der Waals surface area contributed by atoms with Crippen molar-refractivity contribution in [2.45, 2.75) is 33.3 Å². The first-order valence-corrected chi connectivity index (χ1v) is 6.01. The lowest BCUT2D eigenvalue weighted by molar-refractivity contribution is -0.154. The number of amides is 1. The second kappa shape index (κ2) is 5.56. The van der Waals surface area contributed by atoms with Crippen LogP contribution in [0, 0.1) is 11.3 Å². The van der Waals surface area contributed by atoms with Gasteiger partial charge in [-0.2, -0.15) is 0 Å². The Kier molecular flexibility index (Phi) is 4.56. The van der Waals surface area contributed by atoms with Gasteiger partial charge in [0.25, 0.3) is 0 Å². The van der Waals surface area contributed by atoms with Crippen LogP contribution in [0.4, 0.5) is 4.79 Å². The molecule has 1 saturated heterocycles. The molecule has 6 nitrogen and oxygen atoms in total. The number of carboxylic acid groups (broad SMARTS) is 1. The fourth-order valence-corrected chi connectivity index (χ4v) is 1.80. The Bertz CT molecular complexity index is 323. The largest absolute Gasteiger partial charge is 0.465 e. The van der Waals surface area contributed by atoms with Crippen molar-refractivity contribution in [3.63, 3.8) is 0 Å². The van der Waals surface area contributed by atoms with E-state index in [1.165, 1.54) is 0 Å². The number of hydrogen-bond acceptors (Lipinski definition) is 4. The Morgan fingerprint density at radius 1 is 1.33 bits per heavy atom. The third-order valence-corrected chi connectivity index (χ3v) is 2.68. The van der Waals surface area contributed by atoms with Gasteiger partial charge in [-0.15, -0.1) is 0 Å². The van der Waals surface area contributed by atoms with Gasteiger partial charge in [0.05, 0.1) is 18.6 Å². The number of rotatable bonds is 2. The van der Waals surface area contributed by atoms with Crippen molar-refractivity contribution >= 4 is 12.1 Å². The molecule has 0 spiro atoms. The molecular weight excluding hydrogens is 238 g/mol. The number of carbonyl (C=O) groups excluding carboxylic acids is 1. The SMILES string of the molecule is CC(C)(C)COC(=O)C1CC(O)CN(C(=O)O)C1. The van der Waals surface area contributed by atoms with Crippen LogP contribution in [0.3, 0.4) is 0 Å². The van der Waals surface area contributed by atoms with Gasteiger partial charge in [-0.25, -0.2) is 4.79 Å². The van der Waals surface area contributed by atoms with Crippen molar-refractivity contribution in [2.75, 3.05) is 19.7 Å². The highest BCUT2D eigenvalue weighted by molar-refractivity contribution is 5.74. The molecule has 0 aliphatic carbocycles. The number of aliphatic hydroxyl groups is 1. The lowest BCUT2D eigenvalue weighted by atomic mass is 9.95. The summed E-state index contributed by atoms with van der Waals surface area (Å²) in [4.78, 5) is 23.7. The minimum atomic E-state index is -1.12. The van der Waals surface area contributed by atoms with Crippen LogP contribution < -0.4 is 0 Å². The van der Waals surface area contributed by atoms with Crippen LogP contribution in [0.5, 0.6) is 0 Å². The van der Waals surface area contributed by atoms with E-state index in [9.17, 15) is 14.7 Å². The molecule has 18 heavy (non-hydrogen) atoms. The number of likely N-dealkylation sites (tertiary alicyclic amines) is 1. The number of hydrogen-bond donors (Lipinski definition) is 2. The van der Waals surface area contributed by atoms with Crippen LogP contribution in [0.2, 0.25) is 0 Å². The van der Waals surface area contributed by atoms with E-state index in [4.69, 9.17) is 9.84 Å². The van der Waals surface area contributed by atoms with E-state index in [1.807, 2.05) is 20.8 Å². The van der Waals surface area contributed by atoms with E-state index in [0.29, 0.717) is 0 Å². The average molecular weight is 259 g/mol. The normalized spacial score (nSPS) is 24.8. The van der Waals surface area contributed by atoms with Crippen LogP contribution in [0.15, 0.2) is 0 Å². The van der Waals surface area contributed by atoms with E-state index in [-0.39, 0.29) is 31.5 Å². The molecule has 1 fully saturated rings. The third kappa shape index (κ3) is 4.52. The molecule has 1 aliphatic heterocycles. The zero-order valence-electron chi connectivity index (χ0n) is 11.0. The minimum Gasteiger partial charge on any atom is -0.465 e. The van der Waals surface area contributed by atoms with Crippen molar-refractivity contribution in [1.82, 2.24) is 4.90 Å². The fourth-order valence-electron chi connectivity index (χ4n) is 1.80. The molecule has 0 bridgehead atoms. The monoisotopic (exact) mass is 259 g/mol. The Labute approximate surface area is 107 Å². The van der Waals surface area contributed by atoms with Crippen LogP contribution in [-0.2, 0) is 9.53 Å². The number of ether oxygens (including phenoxy) is 1. The molecule has 0 aromatic heterocycles. The molecule has 0 aromatic rings. The number of piperidine rings is 1. The van der Waals surface area contributed by atoms with Gasteiger partial charge in [0, 0.05) is 13.1 Å². The van der Waals surface area contributed by atoms with Crippen LogP contribution in [0.1, 0.15) is 27.2 Å². The summed E-state index contributed by atoms with van der Waals surface area (Å²) in [6.45, 7) is 6.26. The first-order valence-electron chi connectivity index (χ1n) is 6.01. The van der Waals surface area contributed by atoms with Gasteiger partial charge in [-0.3, -0.25) is 4.79 Å². The smallest absolute Gasteiger partial charge is 0.407 e. The Balaban J connectivity index is 2.54. The third-order valence-electron chi connectivity index (χ3n) is 2.68. The summed E-state index contributed by atoms with van der Waals surface area (Å²) in [6.07, 6.45) is -1.67. The van der Waals surface area contributed by atoms with Crippen molar-refractivity contribution in [1.29, 1.82) is 0 Å². The summed E-state index contributed by atoms with van der Waals surface area (Å²) in [5.41, 5.74) is -0.130. The Morgan fingerprint density at radius 2 is 1.94 bits per heavy atom. The molecule has 104 valence electrons. The van der Waals surface area contributed by atoms with E-state index >= 15 is 0 Å². The predicted octanol–water partition coefficient (Wildman–Crippen LogP) is 0.936. The molecule has 2 unspecified atom stereocenters. The zero-order valence-corrected chi connectivity index (χ0v) is 11.0. The van der Waals surface area contributed by atoms with Gasteiger partial charge < -0.3 is 19.8 Å². The second-order valence-corrected chi connectivity index (χ2v) is 5.94. The maximum Gasteiger partial charge on any atom is 0.407 e. The predicted molar refractivity (Wildman–Crippen MR) is 64.1 cm³/mol. The van der Waals surface area contributed by atoms with Crippen molar-refractivity contribution < 1.29 is 24.5 Å².